The molecule has 0 atom stereocenters. The first-order valence-corrected chi connectivity index (χ1v) is 9.46. The van der Waals surface area contributed by atoms with Crippen molar-refractivity contribution in [2.45, 2.75) is 11.8 Å². The van der Waals surface area contributed by atoms with Gasteiger partial charge in [0.15, 0.2) is 0 Å². The SMILES string of the molecule is C=CCOc1ccc(N(CC)S(=O)(=O)c2ccc(OC)c(Cl)c2)cc1. The van der Waals surface area contributed by atoms with Crippen LogP contribution in [0.5, 0.6) is 11.5 Å². The van der Waals surface area contributed by atoms with Crippen molar-refractivity contribution in [1.82, 2.24) is 0 Å². The van der Waals surface area contributed by atoms with Crippen molar-refractivity contribution >= 4 is 27.3 Å². The van der Waals surface area contributed by atoms with E-state index in [2.05, 4.69) is 6.58 Å². The van der Waals surface area contributed by atoms with E-state index in [1.165, 1.54) is 29.6 Å². The molecule has 0 heterocycles. The number of methoxy groups -OCH3 is 1. The summed E-state index contributed by atoms with van der Waals surface area (Å²) in [5.74, 6) is 1.07. The van der Waals surface area contributed by atoms with E-state index in [0.717, 1.165) is 0 Å². The minimum absolute atomic E-state index is 0.104. The average Bonchev–Trinajstić information content (AvgIpc) is 2.61. The molecule has 0 saturated heterocycles. The molecule has 25 heavy (non-hydrogen) atoms. The second kappa shape index (κ2) is 8.27. The minimum atomic E-state index is -3.75. The highest BCUT2D eigenvalue weighted by molar-refractivity contribution is 7.92. The molecular formula is C18H20ClNO4S. The van der Waals surface area contributed by atoms with Crippen molar-refractivity contribution in [3.63, 3.8) is 0 Å². The Morgan fingerprint density at radius 3 is 2.40 bits per heavy atom. The summed E-state index contributed by atoms with van der Waals surface area (Å²) in [6.45, 7) is 6.02. The number of sulfonamides is 1. The molecule has 0 N–H and O–H groups in total. The molecule has 5 nitrogen and oxygen atoms in total. The Balaban J connectivity index is 2.35. The summed E-state index contributed by atoms with van der Waals surface area (Å²) < 4.78 is 37.7. The van der Waals surface area contributed by atoms with E-state index in [1.807, 2.05) is 0 Å². The van der Waals surface area contributed by atoms with E-state index in [4.69, 9.17) is 21.1 Å². The van der Waals surface area contributed by atoms with Gasteiger partial charge in [-0.3, -0.25) is 4.31 Å². The maximum absolute atomic E-state index is 13.0. The number of hydrogen-bond acceptors (Lipinski definition) is 4. The van der Waals surface area contributed by atoms with Crippen LogP contribution >= 0.6 is 11.6 Å². The summed E-state index contributed by atoms with van der Waals surface area (Å²) in [6.07, 6.45) is 1.64. The van der Waals surface area contributed by atoms with Crippen LogP contribution in [0.3, 0.4) is 0 Å². The molecule has 0 aliphatic heterocycles. The van der Waals surface area contributed by atoms with Crippen molar-refractivity contribution in [1.29, 1.82) is 0 Å². The summed E-state index contributed by atoms with van der Waals surface area (Å²) in [5.41, 5.74) is 0.542. The Labute approximate surface area is 153 Å². The predicted molar refractivity (Wildman–Crippen MR) is 100 cm³/mol. The van der Waals surface area contributed by atoms with Crippen LogP contribution < -0.4 is 13.8 Å². The molecule has 7 heteroatoms. The van der Waals surface area contributed by atoms with Crippen molar-refractivity contribution in [2.24, 2.45) is 0 Å². The highest BCUT2D eigenvalue weighted by Crippen LogP contribution is 2.30. The number of benzene rings is 2. The van der Waals surface area contributed by atoms with Gasteiger partial charge >= 0.3 is 0 Å². The van der Waals surface area contributed by atoms with E-state index in [9.17, 15) is 8.42 Å². The Kier molecular flexibility index (Phi) is 6.33. The van der Waals surface area contributed by atoms with Crippen LogP contribution in [0.4, 0.5) is 5.69 Å². The smallest absolute Gasteiger partial charge is 0.264 e. The van der Waals surface area contributed by atoms with Crippen molar-refractivity contribution in [3.05, 3.63) is 60.1 Å². The van der Waals surface area contributed by atoms with Gasteiger partial charge in [0.25, 0.3) is 10.0 Å². The number of rotatable bonds is 8. The molecule has 2 rings (SSSR count). The largest absolute Gasteiger partial charge is 0.495 e. The van der Waals surface area contributed by atoms with Gasteiger partial charge in [-0.25, -0.2) is 8.42 Å². The first-order chi connectivity index (χ1) is 11.9. The second-order valence-electron chi connectivity index (χ2n) is 5.06. The van der Waals surface area contributed by atoms with Gasteiger partial charge in [-0.1, -0.05) is 24.3 Å². The van der Waals surface area contributed by atoms with Crippen LogP contribution in [0.2, 0.25) is 5.02 Å². The Morgan fingerprint density at radius 1 is 1.20 bits per heavy atom. The molecule has 0 unspecified atom stereocenters. The average molecular weight is 382 g/mol. The maximum Gasteiger partial charge on any atom is 0.264 e. The molecule has 0 aliphatic rings. The third kappa shape index (κ3) is 4.27. The summed E-state index contributed by atoms with van der Waals surface area (Å²) in [5, 5.41) is 0.243. The molecule has 0 amide bonds. The van der Waals surface area contributed by atoms with E-state index in [1.54, 1.807) is 37.3 Å². The molecule has 2 aromatic carbocycles. The quantitative estimate of drug-likeness (QED) is 0.645. The van der Waals surface area contributed by atoms with Gasteiger partial charge in [-0.15, -0.1) is 0 Å². The van der Waals surface area contributed by atoms with Crippen molar-refractivity contribution in [3.8, 4) is 11.5 Å². The van der Waals surface area contributed by atoms with Crippen LogP contribution in [-0.4, -0.2) is 28.7 Å². The van der Waals surface area contributed by atoms with Crippen molar-refractivity contribution < 1.29 is 17.9 Å². The molecule has 0 aromatic heterocycles. The summed E-state index contributed by atoms with van der Waals surface area (Å²) >= 11 is 6.07. The molecule has 0 aliphatic carbocycles. The summed E-state index contributed by atoms with van der Waals surface area (Å²) in [7, 11) is -2.27. The van der Waals surface area contributed by atoms with Gasteiger partial charge in [0.2, 0.25) is 0 Å². The van der Waals surface area contributed by atoms with Gasteiger partial charge < -0.3 is 9.47 Å². The number of nitrogens with zero attached hydrogens (tertiary/aromatic N) is 1. The van der Waals surface area contributed by atoms with Gasteiger partial charge in [0.05, 0.1) is 22.7 Å². The van der Waals surface area contributed by atoms with E-state index >= 15 is 0 Å². The summed E-state index contributed by atoms with van der Waals surface area (Å²) in [6, 6.07) is 11.2. The fraction of sp³-hybridized carbons (Fsp3) is 0.222. The zero-order valence-corrected chi connectivity index (χ0v) is 15.7. The molecular weight excluding hydrogens is 362 g/mol. The molecule has 0 radical (unpaired) electrons. The van der Waals surface area contributed by atoms with Crippen molar-refractivity contribution in [2.75, 3.05) is 24.6 Å². The topological polar surface area (TPSA) is 55.8 Å². The van der Waals surface area contributed by atoms with Gasteiger partial charge in [0, 0.05) is 6.54 Å². The Hall–Kier alpha value is -2.18. The fourth-order valence-corrected chi connectivity index (χ4v) is 4.11. The standard InChI is InChI=1S/C18H20ClNO4S/c1-4-12-24-15-8-6-14(7-9-15)20(5-2)25(21,22)16-10-11-18(23-3)17(19)13-16/h4,6-11,13H,1,5,12H2,2-3H3. The zero-order chi connectivity index (χ0) is 18.4. The normalized spacial score (nSPS) is 11.0. The van der Waals surface area contributed by atoms with E-state index < -0.39 is 10.0 Å². The van der Waals surface area contributed by atoms with Crippen LogP contribution in [-0.2, 0) is 10.0 Å². The molecule has 0 bridgehead atoms. The Bertz CT molecular complexity index is 835. The lowest BCUT2D eigenvalue weighted by atomic mass is 10.3. The first kappa shape index (κ1) is 19.1. The predicted octanol–water partition coefficient (Wildman–Crippen LogP) is 4.13. The molecule has 0 spiro atoms. The first-order valence-electron chi connectivity index (χ1n) is 7.64. The van der Waals surface area contributed by atoms with E-state index in [0.29, 0.717) is 23.8 Å². The minimum Gasteiger partial charge on any atom is -0.495 e. The van der Waals surface area contributed by atoms with Gasteiger partial charge in [0.1, 0.15) is 18.1 Å². The zero-order valence-electron chi connectivity index (χ0n) is 14.1. The van der Waals surface area contributed by atoms with E-state index in [-0.39, 0.29) is 16.5 Å². The molecule has 2 aromatic rings. The van der Waals surface area contributed by atoms with Gasteiger partial charge in [-0.2, -0.15) is 0 Å². The van der Waals surface area contributed by atoms with Crippen LogP contribution in [0.25, 0.3) is 0 Å². The molecule has 0 saturated carbocycles. The fourth-order valence-electron chi connectivity index (χ4n) is 2.29. The number of halogens is 1. The third-order valence-corrected chi connectivity index (χ3v) is 5.69. The second-order valence-corrected chi connectivity index (χ2v) is 7.33. The van der Waals surface area contributed by atoms with Crippen LogP contribution in [0, 0.1) is 0 Å². The molecule has 134 valence electrons. The number of anilines is 1. The molecule has 0 fully saturated rings. The highest BCUT2D eigenvalue weighted by Gasteiger charge is 2.24. The lowest BCUT2D eigenvalue weighted by Crippen LogP contribution is -2.30. The lowest BCUT2D eigenvalue weighted by molar-refractivity contribution is 0.363. The van der Waals surface area contributed by atoms with Crippen LogP contribution in [0.15, 0.2) is 60.0 Å². The maximum atomic E-state index is 13.0. The number of hydrogen-bond donors (Lipinski definition) is 0. The Morgan fingerprint density at radius 2 is 1.88 bits per heavy atom. The lowest BCUT2D eigenvalue weighted by Gasteiger charge is -2.23. The summed E-state index contributed by atoms with van der Waals surface area (Å²) in [4.78, 5) is 0.104. The van der Waals surface area contributed by atoms with Gasteiger partial charge in [-0.05, 0) is 49.4 Å². The van der Waals surface area contributed by atoms with Crippen LogP contribution in [0.1, 0.15) is 6.92 Å². The monoisotopic (exact) mass is 381 g/mol. The number of ether oxygens (including phenoxy) is 2. The third-order valence-electron chi connectivity index (χ3n) is 3.49. The highest BCUT2D eigenvalue weighted by atomic mass is 35.5.